The maximum atomic E-state index is 11.4. The molecule has 0 atom stereocenters. The van der Waals surface area contributed by atoms with Gasteiger partial charge in [0.15, 0.2) is 0 Å². The SMILES string of the molecule is NC(=S)c1cc(CN2C(=O)CNC2=O)ccn1. The molecule has 0 aliphatic carbocycles. The van der Waals surface area contributed by atoms with Gasteiger partial charge in [0.2, 0.25) is 5.91 Å². The van der Waals surface area contributed by atoms with Gasteiger partial charge in [0.05, 0.1) is 18.8 Å². The minimum Gasteiger partial charge on any atom is -0.388 e. The van der Waals surface area contributed by atoms with Crippen LogP contribution in [-0.4, -0.2) is 33.4 Å². The number of pyridine rings is 1. The average molecular weight is 250 g/mol. The average Bonchev–Trinajstić information content (AvgIpc) is 2.61. The number of hydrogen-bond donors (Lipinski definition) is 2. The lowest BCUT2D eigenvalue weighted by Crippen LogP contribution is -2.30. The molecular weight excluding hydrogens is 240 g/mol. The van der Waals surface area contributed by atoms with E-state index in [-0.39, 0.29) is 30.0 Å². The number of nitrogens with zero attached hydrogens (tertiary/aromatic N) is 2. The van der Waals surface area contributed by atoms with Crippen molar-refractivity contribution >= 4 is 29.1 Å². The third-order valence-electron chi connectivity index (χ3n) is 2.35. The Morgan fingerprint density at radius 1 is 1.59 bits per heavy atom. The second-order valence-corrected chi connectivity index (χ2v) is 3.99. The molecule has 1 fully saturated rings. The molecule has 0 saturated carbocycles. The predicted molar refractivity (Wildman–Crippen MR) is 64.1 cm³/mol. The second-order valence-electron chi connectivity index (χ2n) is 3.55. The standard InChI is InChI=1S/C10H10N4O2S/c11-9(17)7-3-6(1-2-12-7)5-14-8(15)4-13-10(14)16/h1-3H,4-5H2,(H2,11,17)(H,13,16). The van der Waals surface area contributed by atoms with Gasteiger partial charge in [0.25, 0.3) is 0 Å². The molecule has 2 rings (SSSR count). The van der Waals surface area contributed by atoms with Gasteiger partial charge in [-0.1, -0.05) is 12.2 Å². The summed E-state index contributed by atoms with van der Waals surface area (Å²) in [5.41, 5.74) is 6.69. The van der Waals surface area contributed by atoms with E-state index in [0.717, 1.165) is 10.5 Å². The van der Waals surface area contributed by atoms with Gasteiger partial charge in [-0.05, 0) is 17.7 Å². The maximum absolute atomic E-state index is 11.4. The van der Waals surface area contributed by atoms with Gasteiger partial charge >= 0.3 is 6.03 Å². The van der Waals surface area contributed by atoms with E-state index in [2.05, 4.69) is 10.3 Å². The number of nitrogens with one attached hydrogen (secondary N) is 1. The highest BCUT2D eigenvalue weighted by Crippen LogP contribution is 2.09. The zero-order chi connectivity index (χ0) is 12.4. The first-order valence-electron chi connectivity index (χ1n) is 4.91. The first-order chi connectivity index (χ1) is 8.08. The van der Waals surface area contributed by atoms with Gasteiger partial charge in [-0.3, -0.25) is 14.7 Å². The van der Waals surface area contributed by atoms with E-state index in [9.17, 15) is 9.59 Å². The molecular formula is C10H10N4O2S. The second kappa shape index (κ2) is 4.46. The fourth-order valence-corrected chi connectivity index (χ4v) is 1.62. The van der Waals surface area contributed by atoms with Gasteiger partial charge in [-0.15, -0.1) is 0 Å². The molecule has 1 aliphatic heterocycles. The Kier molecular flexibility index (Phi) is 3.01. The first kappa shape index (κ1) is 11.5. The molecule has 2 heterocycles. The number of urea groups is 1. The van der Waals surface area contributed by atoms with Crippen LogP contribution in [0.3, 0.4) is 0 Å². The summed E-state index contributed by atoms with van der Waals surface area (Å²) in [6, 6.07) is 2.99. The van der Waals surface area contributed by atoms with E-state index in [1.165, 1.54) is 0 Å². The van der Waals surface area contributed by atoms with E-state index in [4.69, 9.17) is 18.0 Å². The van der Waals surface area contributed by atoms with Crippen LogP contribution in [-0.2, 0) is 11.3 Å². The summed E-state index contributed by atoms with van der Waals surface area (Å²) in [5, 5.41) is 2.45. The lowest BCUT2D eigenvalue weighted by Gasteiger charge is -2.12. The molecule has 0 radical (unpaired) electrons. The van der Waals surface area contributed by atoms with Crippen LogP contribution in [0.5, 0.6) is 0 Å². The third kappa shape index (κ3) is 2.39. The van der Waals surface area contributed by atoms with Crippen LogP contribution in [0.25, 0.3) is 0 Å². The molecule has 0 bridgehead atoms. The van der Waals surface area contributed by atoms with Crippen molar-refractivity contribution in [1.29, 1.82) is 0 Å². The molecule has 3 amide bonds. The minimum absolute atomic E-state index is 0.0477. The summed E-state index contributed by atoms with van der Waals surface area (Å²) in [7, 11) is 0. The molecule has 7 heteroatoms. The maximum Gasteiger partial charge on any atom is 0.324 e. The number of nitrogens with two attached hydrogens (primary N) is 1. The van der Waals surface area contributed by atoms with Crippen molar-refractivity contribution in [2.75, 3.05) is 6.54 Å². The van der Waals surface area contributed by atoms with Crippen molar-refractivity contribution in [3.63, 3.8) is 0 Å². The van der Waals surface area contributed by atoms with Crippen LogP contribution in [0.15, 0.2) is 18.3 Å². The third-order valence-corrected chi connectivity index (χ3v) is 2.56. The molecule has 6 nitrogen and oxygen atoms in total. The number of thiocarbonyl (C=S) groups is 1. The largest absolute Gasteiger partial charge is 0.388 e. The lowest BCUT2D eigenvalue weighted by molar-refractivity contribution is -0.125. The summed E-state index contributed by atoms with van der Waals surface area (Å²) in [4.78, 5) is 28.0. The Morgan fingerprint density at radius 2 is 2.35 bits per heavy atom. The molecule has 0 spiro atoms. The van der Waals surface area contributed by atoms with Crippen LogP contribution in [0, 0.1) is 0 Å². The topological polar surface area (TPSA) is 88.3 Å². The zero-order valence-electron chi connectivity index (χ0n) is 8.84. The zero-order valence-corrected chi connectivity index (χ0v) is 9.66. The summed E-state index contributed by atoms with van der Waals surface area (Å²) in [5.74, 6) is -0.247. The predicted octanol–water partition coefficient (Wildman–Crippen LogP) is -0.232. The molecule has 1 saturated heterocycles. The van der Waals surface area contributed by atoms with Crippen LogP contribution < -0.4 is 11.1 Å². The fourth-order valence-electron chi connectivity index (χ4n) is 1.51. The summed E-state index contributed by atoms with van der Waals surface area (Å²) in [6.45, 7) is 0.245. The van der Waals surface area contributed by atoms with Gasteiger partial charge in [-0.2, -0.15) is 0 Å². The fraction of sp³-hybridized carbons (Fsp3) is 0.200. The Balaban J connectivity index is 2.18. The Hall–Kier alpha value is -2.02. The summed E-state index contributed by atoms with van der Waals surface area (Å²) >= 11 is 4.81. The molecule has 0 unspecified atom stereocenters. The van der Waals surface area contributed by atoms with E-state index in [1.54, 1.807) is 18.3 Å². The van der Waals surface area contributed by atoms with Crippen molar-refractivity contribution in [2.24, 2.45) is 5.73 Å². The Bertz CT molecular complexity index is 487. The highest BCUT2D eigenvalue weighted by molar-refractivity contribution is 7.80. The van der Waals surface area contributed by atoms with E-state index in [1.807, 2.05) is 0 Å². The molecule has 1 aromatic rings. The number of amides is 3. The molecule has 0 aromatic carbocycles. The summed E-state index contributed by atoms with van der Waals surface area (Å²) < 4.78 is 0. The number of imide groups is 1. The van der Waals surface area contributed by atoms with E-state index in [0.29, 0.717) is 5.69 Å². The first-order valence-corrected chi connectivity index (χ1v) is 5.31. The van der Waals surface area contributed by atoms with Crippen LogP contribution in [0.2, 0.25) is 0 Å². The molecule has 3 N–H and O–H groups in total. The van der Waals surface area contributed by atoms with E-state index >= 15 is 0 Å². The van der Waals surface area contributed by atoms with Crippen molar-refractivity contribution in [1.82, 2.24) is 15.2 Å². The Morgan fingerprint density at radius 3 is 2.94 bits per heavy atom. The van der Waals surface area contributed by atoms with Crippen LogP contribution >= 0.6 is 12.2 Å². The van der Waals surface area contributed by atoms with Crippen LogP contribution in [0.1, 0.15) is 11.3 Å². The van der Waals surface area contributed by atoms with Gasteiger partial charge in [-0.25, -0.2) is 4.79 Å². The quantitative estimate of drug-likeness (QED) is 0.571. The number of aromatic nitrogens is 1. The van der Waals surface area contributed by atoms with Gasteiger partial charge in [0.1, 0.15) is 4.99 Å². The number of carbonyl (C=O) groups is 2. The minimum atomic E-state index is -0.385. The van der Waals surface area contributed by atoms with Crippen LogP contribution in [0.4, 0.5) is 4.79 Å². The smallest absolute Gasteiger partial charge is 0.324 e. The number of rotatable bonds is 3. The van der Waals surface area contributed by atoms with E-state index < -0.39 is 0 Å². The highest BCUT2D eigenvalue weighted by Gasteiger charge is 2.28. The molecule has 1 aliphatic rings. The summed E-state index contributed by atoms with van der Waals surface area (Å²) in [6.07, 6.45) is 1.54. The molecule has 88 valence electrons. The van der Waals surface area contributed by atoms with Crippen molar-refractivity contribution in [3.8, 4) is 0 Å². The number of hydrogen-bond acceptors (Lipinski definition) is 4. The van der Waals surface area contributed by atoms with Crippen molar-refractivity contribution < 1.29 is 9.59 Å². The highest BCUT2D eigenvalue weighted by atomic mass is 32.1. The Labute approximate surface area is 103 Å². The normalized spacial score (nSPS) is 14.9. The lowest BCUT2D eigenvalue weighted by atomic mass is 10.2. The van der Waals surface area contributed by atoms with Crippen molar-refractivity contribution in [3.05, 3.63) is 29.6 Å². The molecule has 1 aromatic heterocycles. The molecule has 17 heavy (non-hydrogen) atoms. The van der Waals surface area contributed by atoms with Crippen molar-refractivity contribution in [2.45, 2.75) is 6.54 Å². The van der Waals surface area contributed by atoms with Gasteiger partial charge in [0, 0.05) is 6.20 Å². The number of carbonyl (C=O) groups excluding carboxylic acids is 2. The van der Waals surface area contributed by atoms with Gasteiger partial charge < -0.3 is 11.1 Å². The monoisotopic (exact) mass is 250 g/mol.